The number of hydrogen-bond acceptors (Lipinski definition) is 0. The third-order valence-electron chi connectivity index (χ3n) is 0. The van der Waals surface area contributed by atoms with Crippen molar-refractivity contribution in [2.75, 3.05) is 0 Å². The summed E-state index contributed by atoms with van der Waals surface area (Å²) < 4.78 is 0. The Morgan fingerprint density at radius 1 is 1.25 bits per heavy atom. The molecule has 0 unspecified atom stereocenters. The fraction of sp³-hybridized carbons (Fsp3) is 0. The van der Waals surface area contributed by atoms with Crippen LogP contribution in [-0.4, -0.2) is 0 Å². The molecule has 0 nitrogen and oxygen atoms in total. The fourth-order valence-corrected chi connectivity index (χ4v) is 0. The van der Waals surface area contributed by atoms with E-state index in [2.05, 4.69) is 12.3 Å². The van der Waals surface area contributed by atoms with Crippen LogP contribution in [0.15, 0.2) is 0 Å². The van der Waals surface area contributed by atoms with Gasteiger partial charge in [0, 0.05) is 34.4 Å². The van der Waals surface area contributed by atoms with E-state index in [1.807, 2.05) is 0 Å². The third kappa shape index (κ3) is 8.82. The maximum absolute atomic E-state index is 3.34. The van der Waals surface area contributed by atoms with Crippen molar-refractivity contribution in [3.05, 3.63) is 0 Å². The summed E-state index contributed by atoms with van der Waals surface area (Å²) in [5.41, 5.74) is 0. The molecule has 0 amide bonds. The van der Waals surface area contributed by atoms with Gasteiger partial charge in [-0.15, -0.1) is 0 Å². The normalized spacial score (nSPS) is 1.00. The Morgan fingerprint density at radius 3 is 1.25 bits per heavy atom. The first-order valence-electron chi connectivity index (χ1n) is 0.177. The van der Waals surface area contributed by atoms with Gasteiger partial charge in [0.25, 0.3) is 0 Å². The molecule has 0 atom stereocenters. The molecule has 29 valence electrons. The SMILES string of the molecule is [Cr].[Cu].[Fe][Zr]. The van der Waals surface area contributed by atoms with E-state index in [9.17, 15) is 0 Å². The average molecular weight is 263 g/mol. The molecule has 0 fully saturated rings. The zero-order valence-corrected chi connectivity index (χ0v) is 7.34. The van der Waals surface area contributed by atoms with E-state index < -0.39 is 0 Å². The van der Waals surface area contributed by atoms with Crippen LogP contribution < -0.4 is 0 Å². The number of hydrogen-bond donors (Lipinski definition) is 0. The van der Waals surface area contributed by atoms with Crippen LogP contribution in [0.5, 0.6) is 0 Å². The molecular weight excluding hydrogens is 263 g/mol. The molecule has 0 aromatic rings. The van der Waals surface area contributed by atoms with E-state index >= 15 is 0 Å². The van der Waals surface area contributed by atoms with Gasteiger partial charge in [-0.05, 0) is 0 Å². The molecular formula is CrCuFeZr. The summed E-state index contributed by atoms with van der Waals surface area (Å²) in [7, 11) is 0. The van der Waals surface area contributed by atoms with E-state index in [0.717, 1.165) is 0 Å². The molecule has 0 aromatic carbocycles. The van der Waals surface area contributed by atoms with Gasteiger partial charge in [0.1, 0.15) is 0 Å². The van der Waals surface area contributed by atoms with Crippen LogP contribution in [0.25, 0.3) is 0 Å². The Kier molecular flexibility index (Phi) is 72.3. The quantitative estimate of drug-likeness (QED) is 0.539. The summed E-state index contributed by atoms with van der Waals surface area (Å²) in [4.78, 5) is 0. The molecule has 0 aliphatic heterocycles. The van der Waals surface area contributed by atoms with Crippen LogP contribution in [-0.2, 0) is 69.1 Å². The van der Waals surface area contributed by atoms with Gasteiger partial charge in [0.2, 0.25) is 0 Å². The molecule has 0 aliphatic rings. The molecule has 0 saturated carbocycles. The molecule has 0 spiro atoms. The van der Waals surface area contributed by atoms with Crippen molar-refractivity contribution in [3.63, 3.8) is 0 Å². The van der Waals surface area contributed by atoms with Gasteiger partial charge in [0.15, 0.2) is 0 Å². The minimum atomic E-state index is 0. The second kappa shape index (κ2) is 18.0. The molecule has 0 N–H and O–H groups in total. The molecule has 0 aromatic heterocycles. The van der Waals surface area contributed by atoms with Crippen LogP contribution in [0.2, 0.25) is 0 Å². The van der Waals surface area contributed by atoms with Crippen molar-refractivity contribution < 1.29 is 69.1 Å². The minimum absolute atomic E-state index is 0. The summed E-state index contributed by atoms with van der Waals surface area (Å²) in [6.45, 7) is 0. The molecule has 4 heteroatoms. The molecule has 4 heavy (non-hydrogen) atoms. The second-order valence-corrected chi connectivity index (χ2v) is 0. The Hall–Kier alpha value is 2.45. The summed E-state index contributed by atoms with van der Waals surface area (Å²) >= 11 is 4.64. The summed E-state index contributed by atoms with van der Waals surface area (Å²) in [6.07, 6.45) is 0. The van der Waals surface area contributed by atoms with E-state index in [1.54, 1.807) is 0 Å². The van der Waals surface area contributed by atoms with Crippen LogP contribution in [0.4, 0.5) is 0 Å². The van der Waals surface area contributed by atoms with E-state index in [1.165, 1.54) is 22.3 Å². The van der Waals surface area contributed by atoms with Gasteiger partial charge >= 0.3 is 34.6 Å². The Labute approximate surface area is 68.0 Å². The summed E-state index contributed by atoms with van der Waals surface area (Å²) in [6, 6.07) is 0. The van der Waals surface area contributed by atoms with Gasteiger partial charge in [-0.3, -0.25) is 0 Å². The van der Waals surface area contributed by atoms with Crippen molar-refractivity contribution in [3.8, 4) is 0 Å². The zero-order valence-electron chi connectivity index (χ0n) is 1.56. The molecule has 0 heterocycles. The van der Waals surface area contributed by atoms with Crippen molar-refractivity contribution in [2.45, 2.75) is 0 Å². The Bertz CT molecular complexity index is 8.00. The van der Waals surface area contributed by atoms with Gasteiger partial charge in [-0.25, -0.2) is 0 Å². The molecule has 0 rings (SSSR count). The topological polar surface area (TPSA) is 0 Å². The molecule has 0 bridgehead atoms. The van der Waals surface area contributed by atoms with Crippen LogP contribution in [0.3, 0.4) is 0 Å². The predicted octanol–water partition coefficient (Wildman–Crippen LogP) is -0.0100. The van der Waals surface area contributed by atoms with E-state index in [4.69, 9.17) is 0 Å². The van der Waals surface area contributed by atoms with Crippen LogP contribution >= 0.6 is 0 Å². The van der Waals surface area contributed by atoms with Gasteiger partial charge in [0.05, 0.1) is 0 Å². The van der Waals surface area contributed by atoms with Crippen molar-refractivity contribution in [1.29, 1.82) is 0 Å². The van der Waals surface area contributed by atoms with E-state index in [0.29, 0.717) is 0 Å². The maximum atomic E-state index is 3.34. The Morgan fingerprint density at radius 2 is 1.25 bits per heavy atom. The van der Waals surface area contributed by atoms with Gasteiger partial charge in [-0.1, -0.05) is 0 Å². The third-order valence-corrected chi connectivity index (χ3v) is 0. The van der Waals surface area contributed by atoms with Crippen molar-refractivity contribution >= 4 is 0 Å². The predicted molar refractivity (Wildman–Crippen MR) is 0 cm³/mol. The first kappa shape index (κ1) is 16.1. The molecule has 0 saturated heterocycles. The first-order chi connectivity index (χ1) is 1.00. The second-order valence-electron chi connectivity index (χ2n) is 0. The van der Waals surface area contributed by atoms with Crippen LogP contribution in [0, 0.1) is 0 Å². The first-order valence-corrected chi connectivity index (χ1v) is 4.31. The molecule has 0 aliphatic carbocycles. The monoisotopic (exact) mass is 261 g/mol. The summed E-state index contributed by atoms with van der Waals surface area (Å²) in [5.74, 6) is 0. The number of rotatable bonds is 0. The Balaban J connectivity index is -0.00000000500. The van der Waals surface area contributed by atoms with E-state index in [-0.39, 0.29) is 34.4 Å². The zero-order chi connectivity index (χ0) is 2.00. The standard InChI is InChI=1S/Cr.Cu.Fe.Zr. The van der Waals surface area contributed by atoms with Crippen molar-refractivity contribution in [2.24, 2.45) is 0 Å². The van der Waals surface area contributed by atoms with Crippen LogP contribution in [0.1, 0.15) is 0 Å². The average Bonchev–Trinajstić information content (AvgIpc) is 1.00. The fourth-order valence-electron chi connectivity index (χ4n) is 0. The molecule has 1 radical (unpaired) electrons. The van der Waals surface area contributed by atoms with Gasteiger partial charge < -0.3 is 0 Å². The summed E-state index contributed by atoms with van der Waals surface area (Å²) in [5, 5.41) is 0. The van der Waals surface area contributed by atoms with Gasteiger partial charge in [-0.2, -0.15) is 0 Å². The van der Waals surface area contributed by atoms with Crippen molar-refractivity contribution in [1.82, 2.24) is 0 Å².